The summed E-state index contributed by atoms with van der Waals surface area (Å²) in [5.41, 5.74) is 5.43. The normalized spacial score (nSPS) is 13.8. The number of aryl methyl sites for hydroxylation is 1. The SMILES string of the molecule is Cc1cnc2ccc(N3CCNCC3)cc2c1N(C)c1nc(-c2ccc(F)cc2)c(C#N)s1. The van der Waals surface area contributed by atoms with E-state index in [1.54, 1.807) is 12.1 Å². The first-order valence-corrected chi connectivity index (χ1v) is 11.6. The Kier molecular flexibility index (Phi) is 5.67. The minimum Gasteiger partial charge on any atom is -0.369 e. The molecule has 5 rings (SSSR count). The van der Waals surface area contributed by atoms with E-state index in [0.29, 0.717) is 15.7 Å². The first kappa shape index (κ1) is 21.3. The number of hydrogen-bond donors (Lipinski definition) is 1. The third kappa shape index (κ3) is 4.01. The fraction of sp³-hybridized carbons (Fsp3) is 0.240. The number of hydrogen-bond acceptors (Lipinski definition) is 7. The summed E-state index contributed by atoms with van der Waals surface area (Å²) in [6.07, 6.45) is 1.87. The summed E-state index contributed by atoms with van der Waals surface area (Å²) in [4.78, 5) is 14.3. The molecule has 0 atom stereocenters. The van der Waals surface area contributed by atoms with Crippen molar-refractivity contribution >= 4 is 38.7 Å². The first-order chi connectivity index (χ1) is 16.0. The van der Waals surface area contributed by atoms with Crippen molar-refractivity contribution in [1.29, 1.82) is 5.26 Å². The Bertz CT molecular complexity index is 1350. The van der Waals surface area contributed by atoms with E-state index in [0.717, 1.165) is 53.9 Å². The molecule has 2 aromatic carbocycles. The number of pyridine rings is 1. The van der Waals surface area contributed by atoms with Crippen molar-refractivity contribution in [2.24, 2.45) is 0 Å². The first-order valence-electron chi connectivity index (χ1n) is 10.8. The second-order valence-electron chi connectivity index (χ2n) is 8.08. The second-order valence-corrected chi connectivity index (χ2v) is 9.06. The molecule has 1 aliphatic heterocycles. The van der Waals surface area contributed by atoms with E-state index in [2.05, 4.69) is 39.5 Å². The molecule has 1 fully saturated rings. The lowest BCUT2D eigenvalue weighted by molar-refractivity contribution is 0.589. The van der Waals surface area contributed by atoms with Gasteiger partial charge in [-0.2, -0.15) is 5.26 Å². The molecule has 3 heterocycles. The highest BCUT2D eigenvalue weighted by Gasteiger charge is 2.20. The molecule has 2 aromatic heterocycles. The minimum atomic E-state index is -0.316. The lowest BCUT2D eigenvalue weighted by Crippen LogP contribution is -2.43. The van der Waals surface area contributed by atoms with E-state index >= 15 is 0 Å². The van der Waals surface area contributed by atoms with E-state index in [1.165, 1.54) is 29.2 Å². The molecular formula is C25H23FN6S. The molecule has 166 valence electrons. The number of fused-ring (bicyclic) bond motifs is 1. The van der Waals surface area contributed by atoms with Gasteiger partial charge >= 0.3 is 0 Å². The van der Waals surface area contributed by atoms with Gasteiger partial charge in [-0.3, -0.25) is 4.98 Å². The van der Waals surface area contributed by atoms with Crippen LogP contribution in [0.25, 0.3) is 22.2 Å². The Morgan fingerprint density at radius 1 is 1.15 bits per heavy atom. The Morgan fingerprint density at radius 2 is 1.91 bits per heavy atom. The molecule has 1 saturated heterocycles. The summed E-state index contributed by atoms with van der Waals surface area (Å²) in [7, 11) is 1.97. The molecule has 6 nitrogen and oxygen atoms in total. The third-order valence-electron chi connectivity index (χ3n) is 5.95. The van der Waals surface area contributed by atoms with Gasteiger partial charge in [0.05, 0.1) is 11.2 Å². The van der Waals surface area contributed by atoms with Crippen LogP contribution in [0, 0.1) is 24.1 Å². The van der Waals surface area contributed by atoms with E-state index in [9.17, 15) is 9.65 Å². The molecular weight excluding hydrogens is 435 g/mol. The standard InChI is InChI=1S/C25H23FN6S/c1-16-15-29-21-8-7-19(32-11-9-28-10-12-32)13-20(21)24(16)31(2)25-30-23(22(14-27)33-25)17-3-5-18(26)6-4-17/h3-8,13,15,28H,9-12H2,1-2H3. The molecule has 0 spiro atoms. The van der Waals surface area contributed by atoms with Crippen LogP contribution in [0.15, 0.2) is 48.7 Å². The number of anilines is 3. The quantitative estimate of drug-likeness (QED) is 0.471. The van der Waals surface area contributed by atoms with Crippen molar-refractivity contribution in [2.75, 3.05) is 43.0 Å². The van der Waals surface area contributed by atoms with Crippen molar-refractivity contribution in [3.63, 3.8) is 0 Å². The van der Waals surface area contributed by atoms with E-state index < -0.39 is 0 Å². The Labute approximate surface area is 195 Å². The van der Waals surface area contributed by atoms with Crippen LogP contribution in [0.4, 0.5) is 20.9 Å². The van der Waals surface area contributed by atoms with Crippen molar-refractivity contribution in [3.05, 3.63) is 64.9 Å². The Balaban J connectivity index is 1.59. The predicted octanol–water partition coefficient (Wildman–Crippen LogP) is 4.86. The minimum absolute atomic E-state index is 0.316. The van der Waals surface area contributed by atoms with Crippen LogP contribution in [0.3, 0.4) is 0 Å². The topological polar surface area (TPSA) is 68.1 Å². The predicted molar refractivity (Wildman–Crippen MR) is 132 cm³/mol. The smallest absolute Gasteiger partial charge is 0.191 e. The fourth-order valence-electron chi connectivity index (χ4n) is 4.26. The van der Waals surface area contributed by atoms with Gasteiger partial charge in [-0.25, -0.2) is 9.37 Å². The van der Waals surface area contributed by atoms with Crippen molar-refractivity contribution in [1.82, 2.24) is 15.3 Å². The maximum atomic E-state index is 13.4. The number of nitriles is 1. The number of nitrogens with zero attached hydrogens (tertiary/aromatic N) is 5. The summed E-state index contributed by atoms with van der Waals surface area (Å²) < 4.78 is 13.4. The highest BCUT2D eigenvalue weighted by atomic mass is 32.1. The summed E-state index contributed by atoms with van der Waals surface area (Å²) >= 11 is 1.33. The lowest BCUT2D eigenvalue weighted by Gasteiger charge is -2.30. The lowest BCUT2D eigenvalue weighted by atomic mass is 10.1. The average Bonchev–Trinajstić information content (AvgIpc) is 3.29. The Hall–Kier alpha value is -3.54. The van der Waals surface area contributed by atoms with Gasteiger partial charge in [-0.1, -0.05) is 11.3 Å². The van der Waals surface area contributed by atoms with Crippen LogP contribution >= 0.6 is 11.3 Å². The molecule has 1 aliphatic rings. The number of nitrogens with one attached hydrogen (secondary N) is 1. The highest BCUT2D eigenvalue weighted by molar-refractivity contribution is 7.16. The maximum absolute atomic E-state index is 13.4. The number of halogens is 1. The van der Waals surface area contributed by atoms with E-state index in [-0.39, 0.29) is 5.82 Å². The third-order valence-corrected chi connectivity index (χ3v) is 6.98. The molecule has 4 aromatic rings. The average molecular weight is 459 g/mol. The van der Waals surface area contributed by atoms with Gasteiger partial charge in [0.25, 0.3) is 0 Å². The molecule has 0 saturated carbocycles. The molecule has 33 heavy (non-hydrogen) atoms. The molecule has 0 radical (unpaired) electrons. The zero-order valence-electron chi connectivity index (χ0n) is 18.5. The van der Waals surface area contributed by atoms with Gasteiger partial charge in [-0.15, -0.1) is 0 Å². The van der Waals surface area contributed by atoms with Crippen LogP contribution in [-0.4, -0.2) is 43.2 Å². The zero-order valence-corrected chi connectivity index (χ0v) is 19.3. The molecule has 0 aliphatic carbocycles. The largest absolute Gasteiger partial charge is 0.369 e. The fourth-order valence-corrected chi connectivity index (χ4v) is 5.11. The summed E-state index contributed by atoms with van der Waals surface area (Å²) in [6.45, 7) is 5.91. The molecule has 0 unspecified atom stereocenters. The molecule has 0 amide bonds. The molecule has 0 bridgehead atoms. The zero-order chi connectivity index (χ0) is 22.9. The number of piperazine rings is 1. The van der Waals surface area contributed by atoms with Crippen molar-refractivity contribution < 1.29 is 4.39 Å². The van der Waals surface area contributed by atoms with Gasteiger partial charge < -0.3 is 15.1 Å². The maximum Gasteiger partial charge on any atom is 0.191 e. The Morgan fingerprint density at radius 3 is 2.64 bits per heavy atom. The molecule has 1 N–H and O–H groups in total. The van der Waals surface area contributed by atoms with Gasteiger partial charge in [0.1, 0.15) is 22.5 Å². The van der Waals surface area contributed by atoms with Crippen molar-refractivity contribution in [3.8, 4) is 17.3 Å². The van der Waals surface area contributed by atoms with E-state index in [1.807, 2.05) is 25.1 Å². The van der Waals surface area contributed by atoms with Crippen LogP contribution in [0.1, 0.15) is 10.4 Å². The van der Waals surface area contributed by atoms with Crippen LogP contribution in [0.2, 0.25) is 0 Å². The summed E-state index contributed by atoms with van der Waals surface area (Å²) in [5, 5.41) is 14.9. The number of aromatic nitrogens is 2. The van der Waals surface area contributed by atoms with Crippen LogP contribution in [-0.2, 0) is 0 Å². The summed E-state index contributed by atoms with van der Waals surface area (Å²) in [5.74, 6) is -0.316. The van der Waals surface area contributed by atoms with Gasteiger partial charge in [0.2, 0.25) is 0 Å². The molecule has 8 heteroatoms. The summed E-state index contributed by atoms with van der Waals surface area (Å²) in [6, 6.07) is 14.7. The van der Waals surface area contributed by atoms with Gasteiger partial charge in [0, 0.05) is 56.1 Å². The van der Waals surface area contributed by atoms with Crippen LogP contribution in [0.5, 0.6) is 0 Å². The number of benzene rings is 2. The number of thiazole rings is 1. The van der Waals surface area contributed by atoms with Crippen molar-refractivity contribution in [2.45, 2.75) is 6.92 Å². The van der Waals surface area contributed by atoms with E-state index in [4.69, 9.17) is 4.98 Å². The highest BCUT2D eigenvalue weighted by Crippen LogP contribution is 2.39. The van der Waals surface area contributed by atoms with Gasteiger partial charge in [-0.05, 0) is 55.0 Å². The number of rotatable bonds is 4. The monoisotopic (exact) mass is 458 g/mol. The van der Waals surface area contributed by atoms with Gasteiger partial charge in [0.15, 0.2) is 5.13 Å². The second kappa shape index (κ2) is 8.77. The van der Waals surface area contributed by atoms with Crippen LogP contribution < -0.4 is 15.1 Å².